The van der Waals surface area contributed by atoms with E-state index >= 15 is 0 Å². The topological polar surface area (TPSA) is 95.2 Å². The van der Waals surface area contributed by atoms with Gasteiger partial charge in [-0.3, -0.25) is 19.3 Å². The van der Waals surface area contributed by atoms with Crippen molar-refractivity contribution >= 4 is 5.91 Å². The molecule has 1 aromatic heterocycles. The summed E-state index contributed by atoms with van der Waals surface area (Å²) in [5, 5.41) is 21.1. The van der Waals surface area contributed by atoms with Crippen LogP contribution >= 0.6 is 0 Å². The van der Waals surface area contributed by atoms with Gasteiger partial charge in [-0.05, 0) is 6.92 Å². The fraction of sp³-hybridized carbons (Fsp3) is 0.500. The van der Waals surface area contributed by atoms with Gasteiger partial charge in [0.1, 0.15) is 6.67 Å². The molecule has 0 fully saturated rings. The molecule has 1 aliphatic heterocycles. The van der Waals surface area contributed by atoms with E-state index in [9.17, 15) is 19.8 Å². The van der Waals surface area contributed by atoms with Crippen molar-refractivity contribution in [3.63, 3.8) is 0 Å². The van der Waals surface area contributed by atoms with Crippen LogP contribution in [0.15, 0.2) is 11.0 Å². The third kappa shape index (κ3) is 2.18. The van der Waals surface area contributed by atoms with E-state index in [4.69, 9.17) is 4.74 Å². The quantitative estimate of drug-likeness (QED) is 0.757. The number of aromatic nitrogens is 1. The van der Waals surface area contributed by atoms with E-state index in [-0.39, 0.29) is 12.4 Å². The largest absolute Gasteiger partial charge is 0.503 e. The number of carbonyl (C=O) groups excluding carboxylic acids is 1. The summed E-state index contributed by atoms with van der Waals surface area (Å²) in [4.78, 5) is 25.4. The van der Waals surface area contributed by atoms with Crippen molar-refractivity contribution in [2.75, 3.05) is 38.5 Å². The summed E-state index contributed by atoms with van der Waals surface area (Å²) in [6.07, 6.45) is 1.15. The highest BCUT2D eigenvalue weighted by atomic mass is 16.5. The van der Waals surface area contributed by atoms with Crippen LogP contribution in [0.25, 0.3) is 0 Å². The molecule has 1 amide bonds. The first-order valence-electron chi connectivity index (χ1n) is 6.22. The Morgan fingerprint density at radius 1 is 1.35 bits per heavy atom. The van der Waals surface area contributed by atoms with Crippen LogP contribution in [0.2, 0.25) is 0 Å². The van der Waals surface area contributed by atoms with Gasteiger partial charge in [-0.1, -0.05) is 0 Å². The van der Waals surface area contributed by atoms with E-state index in [1.165, 1.54) is 16.7 Å². The van der Waals surface area contributed by atoms with Crippen LogP contribution in [-0.2, 0) is 4.74 Å². The Morgan fingerprint density at radius 3 is 2.65 bits per heavy atom. The highest BCUT2D eigenvalue weighted by molar-refractivity contribution is 5.96. The molecular weight excluding hydrogens is 266 g/mol. The predicted octanol–water partition coefficient (Wildman–Crippen LogP) is -0.723. The van der Waals surface area contributed by atoms with Gasteiger partial charge in [0, 0.05) is 20.2 Å². The number of amides is 1. The normalized spacial score (nSPS) is 14.6. The summed E-state index contributed by atoms with van der Waals surface area (Å²) in [5.41, 5.74) is -1.09. The molecule has 0 spiro atoms. The zero-order chi connectivity index (χ0) is 14.9. The lowest BCUT2D eigenvalue weighted by Crippen LogP contribution is -2.54. The Labute approximate surface area is 115 Å². The number of fused-ring (bicyclic) bond motifs is 1. The molecule has 110 valence electrons. The van der Waals surface area contributed by atoms with Gasteiger partial charge < -0.3 is 19.8 Å². The lowest BCUT2D eigenvalue weighted by atomic mass is 10.2. The molecule has 1 aromatic rings. The first-order chi connectivity index (χ1) is 9.51. The lowest BCUT2D eigenvalue weighted by Gasteiger charge is -2.38. The van der Waals surface area contributed by atoms with Crippen molar-refractivity contribution in [2.24, 2.45) is 0 Å². The maximum absolute atomic E-state index is 12.3. The van der Waals surface area contributed by atoms with Crippen molar-refractivity contribution in [2.45, 2.75) is 6.92 Å². The van der Waals surface area contributed by atoms with Gasteiger partial charge in [-0.2, -0.15) is 0 Å². The zero-order valence-electron chi connectivity index (χ0n) is 11.4. The predicted molar refractivity (Wildman–Crippen MR) is 70.6 cm³/mol. The molecule has 0 saturated heterocycles. The van der Waals surface area contributed by atoms with Gasteiger partial charge in [-0.15, -0.1) is 0 Å². The number of ether oxygens (including phenoxy) is 1. The average molecular weight is 283 g/mol. The van der Waals surface area contributed by atoms with Gasteiger partial charge in [0.25, 0.3) is 11.3 Å². The minimum absolute atomic E-state index is 0.142. The molecule has 20 heavy (non-hydrogen) atoms. The minimum atomic E-state index is -0.950. The smallest absolute Gasteiger partial charge is 0.277 e. The van der Waals surface area contributed by atoms with E-state index in [1.54, 1.807) is 5.01 Å². The SMILES string of the molecule is CCN1CN(CCOC)C(=O)c2c(O)c(=O)c(O)cn21. The number of hydrogen-bond donors (Lipinski definition) is 2. The highest BCUT2D eigenvalue weighted by Gasteiger charge is 2.32. The van der Waals surface area contributed by atoms with Crippen molar-refractivity contribution in [3.8, 4) is 11.5 Å². The zero-order valence-corrected chi connectivity index (χ0v) is 11.4. The number of aromatic hydroxyl groups is 2. The standard InChI is InChI=1S/C12H17N3O5/c1-3-14-7-13(4-5-20-2)12(19)9-11(18)10(17)8(16)6-15(9)14/h6,16,18H,3-5,7H2,1-2H3. The van der Waals surface area contributed by atoms with Gasteiger partial charge >= 0.3 is 0 Å². The third-order valence-corrected chi connectivity index (χ3v) is 3.20. The molecule has 0 bridgehead atoms. The molecule has 1 aliphatic rings. The molecule has 0 radical (unpaired) electrons. The molecule has 8 heteroatoms. The fourth-order valence-electron chi connectivity index (χ4n) is 2.10. The van der Waals surface area contributed by atoms with E-state index in [0.717, 1.165) is 6.20 Å². The second kappa shape index (κ2) is 5.41. The monoisotopic (exact) mass is 283 g/mol. The Balaban J connectivity index is 2.51. The van der Waals surface area contributed by atoms with Crippen LogP contribution in [-0.4, -0.2) is 59.2 Å². The number of hydrogen-bond acceptors (Lipinski definition) is 6. The second-order valence-electron chi connectivity index (χ2n) is 4.41. The van der Waals surface area contributed by atoms with Crippen LogP contribution < -0.4 is 10.4 Å². The molecule has 8 nitrogen and oxygen atoms in total. The Hall–Kier alpha value is -2.22. The fourth-order valence-corrected chi connectivity index (χ4v) is 2.10. The van der Waals surface area contributed by atoms with Crippen LogP contribution in [0.4, 0.5) is 0 Å². The van der Waals surface area contributed by atoms with Crippen molar-refractivity contribution in [1.29, 1.82) is 0 Å². The Morgan fingerprint density at radius 2 is 2.05 bits per heavy atom. The molecule has 2 heterocycles. The van der Waals surface area contributed by atoms with Crippen LogP contribution in [0.3, 0.4) is 0 Å². The van der Waals surface area contributed by atoms with Crippen LogP contribution in [0.1, 0.15) is 17.4 Å². The molecule has 2 N–H and O–H groups in total. The lowest BCUT2D eigenvalue weighted by molar-refractivity contribution is 0.0624. The van der Waals surface area contributed by atoms with Crippen LogP contribution in [0, 0.1) is 0 Å². The van der Waals surface area contributed by atoms with E-state index in [1.807, 2.05) is 6.92 Å². The third-order valence-electron chi connectivity index (χ3n) is 3.20. The highest BCUT2D eigenvalue weighted by Crippen LogP contribution is 2.22. The molecule has 0 aliphatic carbocycles. The summed E-state index contributed by atoms with van der Waals surface area (Å²) >= 11 is 0. The number of methoxy groups -OCH3 is 1. The number of pyridine rings is 1. The number of carbonyl (C=O) groups is 1. The average Bonchev–Trinajstić information content (AvgIpc) is 2.44. The second-order valence-corrected chi connectivity index (χ2v) is 4.41. The molecular formula is C12H17N3O5. The summed E-state index contributed by atoms with van der Waals surface area (Å²) in [5.74, 6) is -1.81. The van der Waals surface area contributed by atoms with E-state index < -0.39 is 22.8 Å². The molecule has 0 saturated carbocycles. The van der Waals surface area contributed by atoms with E-state index in [2.05, 4.69) is 0 Å². The van der Waals surface area contributed by atoms with E-state index in [0.29, 0.717) is 19.7 Å². The first kappa shape index (κ1) is 14.2. The minimum Gasteiger partial charge on any atom is -0.503 e. The Kier molecular flexibility index (Phi) is 3.84. The summed E-state index contributed by atoms with van der Waals surface area (Å²) in [6, 6.07) is 0. The first-order valence-corrected chi connectivity index (χ1v) is 6.22. The van der Waals surface area contributed by atoms with Crippen molar-refractivity contribution in [3.05, 3.63) is 22.1 Å². The van der Waals surface area contributed by atoms with Gasteiger partial charge in [0.15, 0.2) is 17.2 Å². The van der Waals surface area contributed by atoms with Gasteiger partial charge in [0.05, 0.1) is 12.8 Å². The molecule has 2 rings (SSSR count). The maximum atomic E-state index is 12.3. The molecule has 0 atom stereocenters. The summed E-state index contributed by atoms with van der Waals surface area (Å²) < 4.78 is 6.26. The molecule has 0 unspecified atom stereocenters. The summed E-state index contributed by atoms with van der Waals surface area (Å²) in [6.45, 7) is 3.38. The number of nitrogens with zero attached hydrogens (tertiary/aromatic N) is 3. The number of rotatable bonds is 4. The Bertz CT molecular complexity index is 583. The van der Waals surface area contributed by atoms with Crippen LogP contribution in [0.5, 0.6) is 11.5 Å². The molecule has 0 aromatic carbocycles. The van der Waals surface area contributed by atoms with Gasteiger partial charge in [0.2, 0.25) is 0 Å². The van der Waals surface area contributed by atoms with Crippen molar-refractivity contribution < 1.29 is 19.7 Å². The summed E-state index contributed by atoms with van der Waals surface area (Å²) in [7, 11) is 1.53. The van der Waals surface area contributed by atoms with Gasteiger partial charge in [-0.25, -0.2) is 0 Å². The maximum Gasteiger partial charge on any atom is 0.277 e. The van der Waals surface area contributed by atoms with Crippen molar-refractivity contribution in [1.82, 2.24) is 9.58 Å².